The fraction of sp³-hybridized carbons (Fsp3) is 0.222. The first-order valence-corrected chi connectivity index (χ1v) is 23.6. The molecule has 6 aromatic carbocycles. The third-order valence-corrected chi connectivity index (χ3v) is 12.4. The molecule has 0 aliphatic heterocycles. The Morgan fingerprint density at radius 3 is 1.53 bits per heavy atom. The maximum atomic E-state index is 14.5. The highest BCUT2D eigenvalue weighted by molar-refractivity contribution is 7.94. The summed E-state index contributed by atoms with van der Waals surface area (Å²) >= 11 is 0. The van der Waals surface area contributed by atoms with Crippen molar-refractivity contribution >= 4 is 33.7 Å². The van der Waals surface area contributed by atoms with Gasteiger partial charge in [0, 0.05) is 24.3 Å². The quantitative estimate of drug-likeness (QED) is 0.0528. The fourth-order valence-electron chi connectivity index (χ4n) is 7.67. The molecule has 0 radical (unpaired) electrons. The van der Waals surface area contributed by atoms with Gasteiger partial charge >= 0.3 is 6.09 Å². The molecule has 0 aliphatic carbocycles. The zero-order valence-electron chi connectivity index (χ0n) is 37.1. The van der Waals surface area contributed by atoms with E-state index in [4.69, 9.17) is 4.74 Å². The van der Waals surface area contributed by atoms with E-state index in [0.717, 1.165) is 33.2 Å². The van der Waals surface area contributed by atoms with E-state index in [-0.39, 0.29) is 49.0 Å². The van der Waals surface area contributed by atoms with Crippen molar-refractivity contribution in [3.05, 3.63) is 221 Å². The first kappa shape index (κ1) is 48.2. The Balaban J connectivity index is 1.27. The predicted octanol–water partition coefficient (Wildman–Crippen LogP) is 8.42. The molecule has 11 nitrogen and oxygen atoms in total. The van der Waals surface area contributed by atoms with E-state index in [2.05, 4.69) is 21.3 Å². The van der Waals surface area contributed by atoms with E-state index in [1.165, 1.54) is 18.2 Å². The predicted molar refractivity (Wildman–Crippen MR) is 256 cm³/mol. The zero-order valence-corrected chi connectivity index (χ0v) is 37.9. The van der Waals surface area contributed by atoms with Crippen LogP contribution in [0.3, 0.4) is 0 Å². The Bertz CT molecular complexity index is 2520. The number of hydrogen-bond donors (Lipinski definition) is 4. The maximum absolute atomic E-state index is 14.5. The van der Waals surface area contributed by atoms with Crippen LogP contribution in [0.1, 0.15) is 60.9 Å². The number of amides is 4. The smallest absolute Gasteiger partial charge is 0.408 e. The van der Waals surface area contributed by atoms with E-state index < -0.39 is 51.4 Å². The minimum atomic E-state index is -3.97. The van der Waals surface area contributed by atoms with Crippen LogP contribution in [-0.4, -0.2) is 50.4 Å². The Morgan fingerprint density at radius 2 is 1.03 bits per heavy atom. The molecule has 0 bridgehead atoms. The van der Waals surface area contributed by atoms with Gasteiger partial charge in [0.2, 0.25) is 17.7 Å². The Hall–Kier alpha value is -7.31. The number of benzene rings is 6. The molecular formula is C54H56N4O7S. The third kappa shape index (κ3) is 13.6. The van der Waals surface area contributed by atoms with Gasteiger partial charge in [-0.25, -0.2) is 13.2 Å². The van der Waals surface area contributed by atoms with Crippen molar-refractivity contribution in [1.29, 1.82) is 0 Å². The van der Waals surface area contributed by atoms with Gasteiger partial charge in [0.05, 0.1) is 4.90 Å². The van der Waals surface area contributed by atoms with Gasteiger partial charge < -0.3 is 26.0 Å². The number of rotatable bonds is 21. The summed E-state index contributed by atoms with van der Waals surface area (Å²) in [6, 6.07) is 51.9. The Labute approximate surface area is 387 Å². The lowest BCUT2D eigenvalue weighted by atomic mass is 9.77. The summed E-state index contributed by atoms with van der Waals surface area (Å²) < 4.78 is 32.5. The summed E-state index contributed by atoms with van der Waals surface area (Å²) in [4.78, 5) is 56.1. The van der Waals surface area contributed by atoms with Gasteiger partial charge in [-0.3, -0.25) is 14.4 Å². The molecule has 4 N–H and O–H groups in total. The fourth-order valence-corrected chi connectivity index (χ4v) is 8.76. The number of hydrogen-bond acceptors (Lipinski definition) is 7. The van der Waals surface area contributed by atoms with E-state index in [1.54, 1.807) is 18.2 Å². The Morgan fingerprint density at radius 1 is 0.576 bits per heavy atom. The normalized spacial score (nSPS) is 13.0. The van der Waals surface area contributed by atoms with Crippen molar-refractivity contribution < 1.29 is 32.3 Å². The lowest BCUT2D eigenvalue weighted by molar-refractivity contribution is -0.130. The molecule has 0 unspecified atom stereocenters. The molecule has 6 aromatic rings. The van der Waals surface area contributed by atoms with Gasteiger partial charge in [-0.15, -0.1) is 0 Å². The largest absolute Gasteiger partial charge is 0.445 e. The van der Waals surface area contributed by atoms with Crippen LogP contribution in [0.5, 0.6) is 0 Å². The van der Waals surface area contributed by atoms with Crippen LogP contribution in [0.2, 0.25) is 0 Å². The molecule has 0 heterocycles. The number of sulfone groups is 1. The van der Waals surface area contributed by atoms with Gasteiger partial charge in [-0.05, 0) is 58.7 Å². The van der Waals surface area contributed by atoms with Crippen molar-refractivity contribution in [1.82, 2.24) is 21.3 Å². The van der Waals surface area contributed by atoms with E-state index >= 15 is 0 Å². The molecule has 66 heavy (non-hydrogen) atoms. The van der Waals surface area contributed by atoms with Crippen LogP contribution in [0.15, 0.2) is 198 Å². The van der Waals surface area contributed by atoms with Crippen LogP contribution < -0.4 is 21.3 Å². The summed E-state index contributed by atoms with van der Waals surface area (Å²) in [5, 5.41) is 12.8. The second-order valence-electron chi connectivity index (χ2n) is 16.4. The summed E-state index contributed by atoms with van der Waals surface area (Å²) in [5.41, 5.74) is 2.88. The number of carbonyl (C=O) groups is 4. The molecule has 340 valence electrons. The molecule has 0 aromatic heterocycles. The van der Waals surface area contributed by atoms with Crippen molar-refractivity contribution in [2.24, 2.45) is 5.92 Å². The van der Waals surface area contributed by atoms with E-state index in [1.807, 2.05) is 166 Å². The lowest BCUT2D eigenvalue weighted by Crippen LogP contribution is -2.55. The van der Waals surface area contributed by atoms with Crippen LogP contribution in [-0.2, 0) is 47.5 Å². The molecule has 0 aliphatic rings. The maximum Gasteiger partial charge on any atom is 0.408 e. The molecule has 6 rings (SSSR count). The van der Waals surface area contributed by atoms with E-state index in [9.17, 15) is 27.6 Å². The molecule has 0 fully saturated rings. The first-order chi connectivity index (χ1) is 31.9. The standard InChI is InChI=1S/C54H56N4O7S/c1-40(2)37-48(57-53(62)65-39-42-23-11-4-12-24-42)52(61)56-49(38-41-21-9-3-10-22-41)51(60)55-46(35-36-66(63,64)47-31-19-8-20-32-47)33-34-50(59)58-54(43-25-13-5-14-26-43,44-27-15-6-16-28-44)45-29-17-7-18-30-45/h3-32,35-36,40,46,48-49H,33-34,37-39H2,1-2H3,(H,55,60)(H,56,61)(H,57,62)(H,58,59)/b36-35+/t46-,48-,49-/m0/s1. The number of carbonyl (C=O) groups excluding carboxylic acids is 4. The van der Waals surface area contributed by atoms with Crippen LogP contribution >= 0.6 is 0 Å². The van der Waals surface area contributed by atoms with Gasteiger partial charge in [0.1, 0.15) is 24.2 Å². The molecular weight excluding hydrogens is 849 g/mol. The van der Waals surface area contributed by atoms with Crippen molar-refractivity contribution in [2.75, 3.05) is 0 Å². The summed E-state index contributed by atoms with van der Waals surface area (Å²) in [6.45, 7) is 3.82. The zero-order chi connectivity index (χ0) is 46.8. The molecule has 3 atom stereocenters. The molecule has 12 heteroatoms. The van der Waals surface area contributed by atoms with Crippen LogP contribution in [0.25, 0.3) is 0 Å². The van der Waals surface area contributed by atoms with Crippen LogP contribution in [0.4, 0.5) is 4.79 Å². The second-order valence-corrected chi connectivity index (χ2v) is 18.2. The third-order valence-electron chi connectivity index (χ3n) is 11.0. The molecule has 0 saturated carbocycles. The van der Waals surface area contributed by atoms with Crippen molar-refractivity contribution in [3.8, 4) is 0 Å². The van der Waals surface area contributed by atoms with Crippen molar-refractivity contribution in [2.45, 2.75) is 74.7 Å². The molecule has 0 spiro atoms. The minimum Gasteiger partial charge on any atom is -0.445 e. The average Bonchev–Trinajstić information content (AvgIpc) is 3.34. The molecule has 4 amide bonds. The highest BCUT2D eigenvalue weighted by Crippen LogP contribution is 2.37. The Kier molecular flexibility index (Phi) is 17.2. The second kappa shape index (κ2) is 23.6. The number of nitrogens with one attached hydrogen (secondary N) is 4. The summed E-state index contributed by atoms with van der Waals surface area (Å²) in [7, 11) is -3.97. The lowest BCUT2D eigenvalue weighted by Gasteiger charge is -2.37. The highest BCUT2D eigenvalue weighted by Gasteiger charge is 2.38. The average molecular weight is 905 g/mol. The van der Waals surface area contributed by atoms with Gasteiger partial charge in [-0.1, -0.05) is 190 Å². The van der Waals surface area contributed by atoms with Gasteiger partial charge in [0.25, 0.3) is 0 Å². The SMILES string of the molecule is CC(C)C[C@H](NC(=O)OCc1ccccc1)C(=O)N[C@@H](Cc1ccccc1)C(=O)N[C@H](/C=C/S(=O)(=O)c1ccccc1)CCC(=O)NC(c1ccccc1)(c1ccccc1)c1ccccc1. The van der Waals surface area contributed by atoms with Crippen LogP contribution in [0, 0.1) is 5.92 Å². The molecule has 0 saturated heterocycles. The summed E-state index contributed by atoms with van der Waals surface area (Å²) in [5.74, 6) is -1.61. The minimum absolute atomic E-state index is 0.000398. The first-order valence-electron chi connectivity index (χ1n) is 22.0. The van der Waals surface area contributed by atoms with Gasteiger partial charge in [-0.2, -0.15) is 0 Å². The number of alkyl carbamates (subject to hydrolysis) is 1. The number of ether oxygens (including phenoxy) is 1. The highest BCUT2D eigenvalue weighted by atomic mass is 32.2. The van der Waals surface area contributed by atoms with E-state index in [0.29, 0.717) is 0 Å². The topological polar surface area (TPSA) is 160 Å². The van der Waals surface area contributed by atoms with Crippen molar-refractivity contribution in [3.63, 3.8) is 0 Å². The monoisotopic (exact) mass is 904 g/mol. The summed E-state index contributed by atoms with van der Waals surface area (Å²) in [6.07, 6.45) is 0.750. The van der Waals surface area contributed by atoms with Gasteiger partial charge in [0.15, 0.2) is 9.84 Å².